The largest absolute Gasteiger partial charge is 0.494 e. The van der Waals surface area contributed by atoms with Crippen molar-refractivity contribution in [2.24, 2.45) is 0 Å². The summed E-state index contributed by atoms with van der Waals surface area (Å²) >= 11 is 3.47. The van der Waals surface area contributed by atoms with Gasteiger partial charge in [0.2, 0.25) is 11.8 Å². The summed E-state index contributed by atoms with van der Waals surface area (Å²) < 4.78 is 6.63. The monoisotopic (exact) mass is 474 g/mol. The number of nitrogens with one attached hydrogen (secondary N) is 1. The van der Waals surface area contributed by atoms with Crippen LogP contribution in [-0.4, -0.2) is 35.4 Å². The number of hydrogen-bond donors (Lipinski definition) is 1. The van der Waals surface area contributed by atoms with Gasteiger partial charge in [-0.15, -0.1) is 0 Å². The van der Waals surface area contributed by atoms with Gasteiger partial charge in [0.15, 0.2) is 0 Å². The molecule has 2 amide bonds. The third-order valence-electron chi connectivity index (χ3n) is 4.96. The Kier molecular flexibility index (Phi) is 9.87. The molecular formula is C24H31BrN2O3. The molecule has 0 aliphatic rings. The van der Waals surface area contributed by atoms with Crippen LogP contribution in [0.5, 0.6) is 5.75 Å². The van der Waals surface area contributed by atoms with Gasteiger partial charge in [0.1, 0.15) is 11.8 Å². The Morgan fingerprint density at radius 3 is 2.50 bits per heavy atom. The number of amides is 2. The second-order valence-corrected chi connectivity index (χ2v) is 8.33. The molecular weight excluding hydrogens is 444 g/mol. The van der Waals surface area contributed by atoms with Crippen molar-refractivity contribution in [1.29, 1.82) is 0 Å². The van der Waals surface area contributed by atoms with Crippen molar-refractivity contribution >= 4 is 27.7 Å². The number of nitrogens with zero attached hydrogens (tertiary/aromatic N) is 1. The number of hydrogen-bond acceptors (Lipinski definition) is 3. The van der Waals surface area contributed by atoms with Gasteiger partial charge in [-0.25, -0.2) is 0 Å². The van der Waals surface area contributed by atoms with Crippen LogP contribution in [0.3, 0.4) is 0 Å². The highest BCUT2D eigenvalue weighted by molar-refractivity contribution is 9.10. The van der Waals surface area contributed by atoms with Crippen LogP contribution in [0.1, 0.15) is 45.6 Å². The number of carbonyl (C=O) groups is 2. The van der Waals surface area contributed by atoms with E-state index in [1.165, 1.54) is 0 Å². The highest BCUT2D eigenvalue weighted by Crippen LogP contribution is 2.17. The van der Waals surface area contributed by atoms with Gasteiger partial charge >= 0.3 is 0 Å². The van der Waals surface area contributed by atoms with Gasteiger partial charge in [0.05, 0.1) is 6.61 Å². The highest BCUT2D eigenvalue weighted by atomic mass is 79.9. The molecule has 0 saturated heterocycles. The van der Waals surface area contributed by atoms with Crippen molar-refractivity contribution in [3.05, 3.63) is 64.6 Å². The second-order valence-electron chi connectivity index (χ2n) is 7.41. The van der Waals surface area contributed by atoms with E-state index in [-0.39, 0.29) is 17.9 Å². The summed E-state index contributed by atoms with van der Waals surface area (Å²) in [4.78, 5) is 27.4. The molecule has 0 radical (unpaired) electrons. The third kappa shape index (κ3) is 7.82. The Morgan fingerprint density at radius 2 is 1.83 bits per heavy atom. The first kappa shape index (κ1) is 23.9. The second kappa shape index (κ2) is 12.4. The summed E-state index contributed by atoms with van der Waals surface area (Å²) in [6, 6.07) is 16.9. The van der Waals surface area contributed by atoms with Gasteiger partial charge < -0.3 is 15.0 Å². The van der Waals surface area contributed by atoms with E-state index in [9.17, 15) is 9.59 Å². The molecule has 5 nitrogen and oxygen atoms in total. The molecule has 30 heavy (non-hydrogen) atoms. The van der Waals surface area contributed by atoms with E-state index in [4.69, 9.17) is 4.74 Å². The number of carbonyl (C=O) groups excluding carboxylic acids is 2. The smallest absolute Gasteiger partial charge is 0.242 e. The first-order valence-electron chi connectivity index (χ1n) is 10.4. The lowest BCUT2D eigenvalue weighted by atomic mass is 10.1. The quantitative estimate of drug-likeness (QED) is 0.469. The van der Waals surface area contributed by atoms with Crippen molar-refractivity contribution in [3.8, 4) is 5.75 Å². The fourth-order valence-corrected chi connectivity index (χ4v) is 3.40. The van der Waals surface area contributed by atoms with E-state index < -0.39 is 6.04 Å². The van der Waals surface area contributed by atoms with Gasteiger partial charge in [0.25, 0.3) is 0 Å². The molecule has 0 heterocycles. The van der Waals surface area contributed by atoms with E-state index in [1.807, 2.05) is 68.4 Å². The summed E-state index contributed by atoms with van der Waals surface area (Å²) in [7, 11) is 0. The Bertz CT molecular complexity index is 813. The first-order chi connectivity index (χ1) is 14.4. The SMILES string of the molecule is CC[C@@H](C)NC(=O)[C@@H](C)N(Cc1cccc(Br)c1)C(=O)CCCOc1ccccc1. The highest BCUT2D eigenvalue weighted by Gasteiger charge is 2.26. The molecule has 0 unspecified atom stereocenters. The zero-order valence-corrected chi connectivity index (χ0v) is 19.5. The predicted octanol–water partition coefficient (Wildman–Crippen LogP) is 4.94. The molecule has 0 aliphatic carbocycles. The molecule has 0 spiro atoms. The first-order valence-corrected chi connectivity index (χ1v) is 11.2. The molecule has 0 bridgehead atoms. The maximum absolute atomic E-state index is 13.0. The average Bonchev–Trinajstić information content (AvgIpc) is 2.75. The normalized spacial score (nSPS) is 12.7. The Morgan fingerprint density at radius 1 is 1.10 bits per heavy atom. The van der Waals surface area contributed by atoms with Crippen LogP contribution in [0.15, 0.2) is 59.1 Å². The lowest BCUT2D eigenvalue weighted by Gasteiger charge is -2.30. The van der Waals surface area contributed by atoms with Gasteiger partial charge in [0, 0.05) is 23.5 Å². The number of benzene rings is 2. The molecule has 1 N–H and O–H groups in total. The summed E-state index contributed by atoms with van der Waals surface area (Å²) in [5.41, 5.74) is 0.974. The minimum Gasteiger partial charge on any atom is -0.494 e. The van der Waals surface area contributed by atoms with Crippen LogP contribution >= 0.6 is 15.9 Å². The molecule has 0 saturated carbocycles. The molecule has 2 aromatic rings. The Hall–Kier alpha value is -2.34. The summed E-state index contributed by atoms with van der Waals surface area (Å²) in [5, 5.41) is 2.98. The lowest BCUT2D eigenvalue weighted by molar-refractivity contribution is -0.141. The molecule has 162 valence electrons. The van der Waals surface area contributed by atoms with Crippen molar-refractivity contribution in [3.63, 3.8) is 0 Å². The number of rotatable bonds is 11. The minimum absolute atomic E-state index is 0.0570. The molecule has 0 fully saturated rings. The van der Waals surface area contributed by atoms with E-state index in [2.05, 4.69) is 21.2 Å². The maximum Gasteiger partial charge on any atom is 0.242 e. The van der Waals surface area contributed by atoms with Crippen LogP contribution in [-0.2, 0) is 16.1 Å². The van der Waals surface area contributed by atoms with Crippen molar-refractivity contribution in [2.75, 3.05) is 6.61 Å². The molecule has 0 aliphatic heterocycles. The Labute approximate surface area is 187 Å². The van der Waals surface area contributed by atoms with Gasteiger partial charge in [-0.1, -0.05) is 53.2 Å². The fourth-order valence-electron chi connectivity index (χ4n) is 2.95. The number of halogens is 1. The summed E-state index contributed by atoms with van der Waals surface area (Å²) in [5.74, 6) is 0.601. The van der Waals surface area contributed by atoms with Crippen molar-refractivity contribution < 1.29 is 14.3 Å². The lowest BCUT2D eigenvalue weighted by Crippen LogP contribution is -2.49. The molecule has 2 atom stereocenters. The van der Waals surface area contributed by atoms with E-state index in [0.29, 0.717) is 26.0 Å². The van der Waals surface area contributed by atoms with Crippen molar-refractivity contribution in [1.82, 2.24) is 10.2 Å². The zero-order chi connectivity index (χ0) is 21.9. The van der Waals surface area contributed by atoms with Gasteiger partial charge in [-0.2, -0.15) is 0 Å². The summed E-state index contributed by atoms with van der Waals surface area (Å²) in [6.45, 7) is 6.60. The number of ether oxygens (including phenoxy) is 1. The van der Waals surface area contributed by atoms with E-state index in [0.717, 1.165) is 22.2 Å². The minimum atomic E-state index is -0.555. The number of para-hydroxylation sites is 1. The van der Waals surface area contributed by atoms with Crippen LogP contribution in [0.25, 0.3) is 0 Å². The van der Waals surface area contributed by atoms with Gasteiger partial charge in [-0.05, 0) is 56.5 Å². The van der Waals surface area contributed by atoms with Crippen LogP contribution < -0.4 is 10.1 Å². The summed E-state index contributed by atoms with van der Waals surface area (Å²) in [6.07, 6.45) is 1.75. The fraction of sp³-hybridized carbons (Fsp3) is 0.417. The van der Waals surface area contributed by atoms with E-state index in [1.54, 1.807) is 11.8 Å². The predicted molar refractivity (Wildman–Crippen MR) is 123 cm³/mol. The van der Waals surface area contributed by atoms with Crippen LogP contribution in [0.2, 0.25) is 0 Å². The average molecular weight is 475 g/mol. The maximum atomic E-state index is 13.0. The standard InChI is InChI=1S/C24H31BrN2O3/c1-4-18(2)26-24(29)19(3)27(17-20-10-8-11-21(25)16-20)23(28)14-9-15-30-22-12-6-5-7-13-22/h5-8,10-13,16,18-19H,4,9,14-15,17H2,1-3H3,(H,26,29)/t18-,19-/m1/s1. The third-order valence-corrected chi connectivity index (χ3v) is 5.45. The van der Waals surface area contributed by atoms with Crippen LogP contribution in [0, 0.1) is 0 Å². The molecule has 2 aromatic carbocycles. The Balaban J connectivity index is 2.01. The van der Waals surface area contributed by atoms with E-state index >= 15 is 0 Å². The van der Waals surface area contributed by atoms with Crippen molar-refractivity contribution in [2.45, 2.75) is 58.7 Å². The molecule has 2 rings (SSSR count). The van der Waals surface area contributed by atoms with Gasteiger partial charge in [-0.3, -0.25) is 9.59 Å². The zero-order valence-electron chi connectivity index (χ0n) is 17.9. The molecule has 0 aromatic heterocycles. The van der Waals surface area contributed by atoms with Crippen LogP contribution in [0.4, 0.5) is 0 Å². The topological polar surface area (TPSA) is 58.6 Å². The molecule has 6 heteroatoms.